The number of ether oxygens (including phenoxy) is 1. The maximum Gasteiger partial charge on any atom is 0.328 e. The van der Waals surface area contributed by atoms with Crippen molar-refractivity contribution in [2.24, 2.45) is 0 Å². The molecule has 0 saturated carbocycles. The Hall–Kier alpha value is -1.98. The molecule has 0 saturated heterocycles. The number of rotatable bonds is 3. The van der Waals surface area contributed by atoms with E-state index >= 15 is 0 Å². The summed E-state index contributed by atoms with van der Waals surface area (Å²) in [7, 11) is 0. The van der Waals surface area contributed by atoms with E-state index < -0.39 is 40.7 Å². The largest absolute Gasteiger partial charge is 0.458 e. The number of carbonyl (C=O) groups excluding carboxylic acids is 2. The van der Waals surface area contributed by atoms with Crippen molar-refractivity contribution in [2.45, 2.75) is 46.3 Å². The van der Waals surface area contributed by atoms with Gasteiger partial charge in [-0.25, -0.2) is 13.6 Å². The fourth-order valence-corrected chi connectivity index (χ4v) is 1.58. The second-order valence-electron chi connectivity index (χ2n) is 5.78. The quantitative estimate of drug-likeness (QED) is 0.873. The highest BCUT2D eigenvalue weighted by atomic mass is 19.1. The van der Waals surface area contributed by atoms with Crippen LogP contribution in [0, 0.1) is 18.6 Å². The molecule has 0 aliphatic carbocycles. The lowest BCUT2D eigenvalue weighted by Gasteiger charge is -2.22. The minimum atomic E-state index is -1.02. The van der Waals surface area contributed by atoms with Crippen LogP contribution in [0.15, 0.2) is 12.1 Å². The number of esters is 1. The van der Waals surface area contributed by atoms with Gasteiger partial charge < -0.3 is 10.1 Å². The minimum absolute atomic E-state index is 0.145. The number of nitrogens with one attached hydrogen (secondary N) is 1. The molecule has 0 aliphatic rings. The molecule has 0 aromatic heterocycles. The Kier molecular flexibility index (Phi) is 5.04. The van der Waals surface area contributed by atoms with Crippen molar-refractivity contribution in [1.29, 1.82) is 0 Å². The number of carbonyl (C=O) groups is 2. The fourth-order valence-electron chi connectivity index (χ4n) is 1.58. The van der Waals surface area contributed by atoms with E-state index in [9.17, 15) is 18.4 Å². The lowest BCUT2D eigenvalue weighted by molar-refractivity contribution is -0.156. The van der Waals surface area contributed by atoms with Crippen molar-refractivity contribution in [3.8, 4) is 0 Å². The van der Waals surface area contributed by atoms with Gasteiger partial charge in [0.1, 0.15) is 28.8 Å². The van der Waals surface area contributed by atoms with E-state index in [0.717, 1.165) is 6.07 Å². The van der Waals surface area contributed by atoms with Gasteiger partial charge in [-0.15, -0.1) is 0 Å². The summed E-state index contributed by atoms with van der Waals surface area (Å²) in [4.78, 5) is 23.7. The Morgan fingerprint density at radius 1 is 1.24 bits per heavy atom. The van der Waals surface area contributed by atoms with E-state index in [1.54, 1.807) is 20.8 Å². The Bertz CT molecular complexity index is 565. The molecule has 0 unspecified atom stereocenters. The van der Waals surface area contributed by atoms with Crippen LogP contribution in [0.5, 0.6) is 0 Å². The zero-order valence-corrected chi connectivity index (χ0v) is 12.7. The lowest BCUT2D eigenvalue weighted by atomic mass is 10.1. The summed E-state index contributed by atoms with van der Waals surface area (Å²) >= 11 is 0. The lowest BCUT2D eigenvalue weighted by Crippen LogP contribution is -2.42. The third kappa shape index (κ3) is 4.51. The third-order valence-electron chi connectivity index (χ3n) is 2.62. The van der Waals surface area contributed by atoms with Gasteiger partial charge in [-0.2, -0.15) is 0 Å². The molecule has 0 spiro atoms. The molecule has 0 fully saturated rings. The highest BCUT2D eigenvalue weighted by Gasteiger charge is 2.26. The van der Waals surface area contributed by atoms with E-state index in [4.69, 9.17) is 4.74 Å². The molecule has 0 bridgehead atoms. The third-order valence-corrected chi connectivity index (χ3v) is 2.62. The van der Waals surface area contributed by atoms with Gasteiger partial charge >= 0.3 is 5.97 Å². The zero-order chi connectivity index (χ0) is 16.4. The molecule has 0 aliphatic heterocycles. The van der Waals surface area contributed by atoms with Crippen molar-refractivity contribution >= 4 is 11.9 Å². The van der Waals surface area contributed by atoms with Crippen molar-refractivity contribution in [2.75, 3.05) is 0 Å². The standard InChI is InChI=1S/C15H19F2NO3/c1-8-6-7-10(16)11(12(8)17)13(19)18-9(2)14(20)21-15(3,4)5/h6-7,9H,1-5H3,(H,18,19)/t9-/m0/s1. The van der Waals surface area contributed by atoms with Gasteiger partial charge in [-0.1, -0.05) is 6.07 Å². The number of halogens is 2. The highest BCUT2D eigenvalue weighted by Crippen LogP contribution is 2.16. The summed E-state index contributed by atoms with van der Waals surface area (Å²) in [5, 5.41) is 2.23. The van der Waals surface area contributed by atoms with Gasteiger partial charge in [-0.3, -0.25) is 4.79 Å². The SMILES string of the molecule is Cc1ccc(F)c(C(=O)N[C@@H](C)C(=O)OC(C)(C)C)c1F. The smallest absolute Gasteiger partial charge is 0.328 e. The van der Waals surface area contributed by atoms with Crippen molar-refractivity contribution in [1.82, 2.24) is 5.32 Å². The van der Waals surface area contributed by atoms with Gasteiger partial charge in [0.25, 0.3) is 5.91 Å². The van der Waals surface area contributed by atoms with Crippen LogP contribution in [0.4, 0.5) is 8.78 Å². The Morgan fingerprint density at radius 2 is 1.81 bits per heavy atom. The molecular weight excluding hydrogens is 280 g/mol. The molecule has 0 radical (unpaired) electrons. The Labute approximate surface area is 122 Å². The van der Waals surface area contributed by atoms with E-state index in [2.05, 4.69) is 5.32 Å². The maximum absolute atomic E-state index is 13.8. The van der Waals surface area contributed by atoms with Crippen LogP contribution in [-0.4, -0.2) is 23.5 Å². The minimum Gasteiger partial charge on any atom is -0.458 e. The first-order valence-corrected chi connectivity index (χ1v) is 6.51. The summed E-state index contributed by atoms with van der Waals surface area (Å²) in [6.07, 6.45) is 0. The molecule has 4 nitrogen and oxygen atoms in total. The van der Waals surface area contributed by atoms with Crippen molar-refractivity contribution in [3.63, 3.8) is 0 Å². The van der Waals surface area contributed by atoms with Crippen molar-refractivity contribution < 1.29 is 23.1 Å². The van der Waals surface area contributed by atoms with Crippen LogP contribution < -0.4 is 5.32 Å². The molecule has 21 heavy (non-hydrogen) atoms. The number of amides is 1. The molecule has 116 valence electrons. The van der Waals surface area contributed by atoms with Crippen molar-refractivity contribution in [3.05, 3.63) is 34.9 Å². The maximum atomic E-state index is 13.8. The summed E-state index contributed by atoms with van der Waals surface area (Å²) < 4.78 is 32.5. The van der Waals surface area contributed by atoms with E-state index in [1.807, 2.05) is 0 Å². The van der Waals surface area contributed by atoms with Crippen LogP contribution in [0.1, 0.15) is 43.6 Å². The molecule has 1 aromatic rings. The predicted molar refractivity (Wildman–Crippen MR) is 73.9 cm³/mol. The van der Waals surface area contributed by atoms with Gasteiger partial charge in [0.15, 0.2) is 0 Å². The number of hydrogen-bond donors (Lipinski definition) is 1. The summed E-state index contributed by atoms with van der Waals surface area (Å²) in [6, 6.07) is 1.22. The second-order valence-corrected chi connectivity index (χ2v) is 5.78. The summed E-state index contributed by atoms with van der Waals surface area (Å²) in [5.41, 5.74) is -1.27. The van der Waals surface area contributed by atoms with Crippen LogP contribution >= 0.6 is 0 Å². The monoisotopic (exact) mass is 299 g/mol. The number of hydrogen-bond acceptors (Lipinski definition) is 3. The molecule has 1 N–H and O–H groups in total. The van der Waals surface area contributed by atoms with Crippen LogP contribution in [0.25, 0.3) is 0 Å². The fraction of sp³-hybridized carbons (Fsp3) is 0.467. The van der Waals surface area contributed by atoms with Gasteiger partial charge in [0.2, 0.25) is 0 Å². The van der Waals surface area contributed by atoms with Gasteiger partial charge in [0.05, 0.1) is 0 Å². The molecule has 1 amide bonds. The summed E-state index contributed by atoms with van der Waals surface area (Å²) in [6.45, 7) is 7.85. The topological polar surface area (TPSA) is 55.4 Å². The first kappa shape index (κ1) is 17.1. The van der Waals surface area contributed by atoms with Crippen LogP contribution in [0.3, 0.4) is 0 Å². The molecule has 1 aromatic carbocycles. The Morgan fingerprint density at radius 3 is 2.33 bits per heavy atom. The number of aryl methyl sites for hydroxylation is 1. The molecule has 6 heteroatoms. The normalized spacial score (nSPS) is 12.7. The van der Waals surface area contributed by atoms with Crippen LogP contribution in [0.2, 0.25) is 0 Å². The summed E-state index contributed by atoms with van der Waals surface area (Å²) in [5.74, 6) is -3.59. The number of benzene rings is 1. The average Bonchev–Trinajstić information content (AvgIpc) is 2.32. The van der Waals surface area contributed by atoms with Crippen LogP contribution in [-0.2, 0) is 9.53 Å². The highest BCUT2D eigenvalue weighted by molar-refractivity contribution is 5.97. The van der Waals surface area contributed by atoms with Gasteiger partial charge in [0, 0.05) is 0 Å². The van der Waals surface area contributed by atoms with Gasteiger partial charge in [-0.05, 0) is 46.2 Å². The van der Waals surface area contributed by atoms with E-state index in [1.165, 1.54) is 19.9 Å². The first-order chi connectivity index (χ1) is 9.53. The molecule has 0 heterocycles. The zero-order valence-electron chi connectivity index (χ0n) is 12.7. The predicted octanol–water partition coefficient (Wildman–Crippen LogP) is 2.73. The molecule has 1 rings (SSSR count). The average molecular weight is 299 g/mol. The first-order valence-electron chi connectivity index (χ1n) is 6.51. The van der Waals surface area contributed by atoms with E-state index in [0.29, 0.717) is 0 Å². The molecular formula is C15H19F2NO3. The van der Waals surface area contributed by atoms with E-state index in [-0.39, 0.29) is 5.56 Å². The second kappa shape index (κ2) is 6.20. The Balaban J connectivity index is 2.87. The molecule has 1 atom stereocenters.